The Kier molecular flexibility index (Phi) is 7.04. The van der Waals surface area contributed by atoms with Crippen molar-refractivity contribution in [1.29, 1.82) is 5.26 Å². The van der Waals surface area contributed by atoms with Crippen molar-refractivity contribution in [3.63, 3.8) is 0 Å². The zero-order valence-electron chi connectivity index (χ0n) is 22.2. The number of alkyl halides is 3. The normalized spacial score (nSPS) is 15.1. The van der Waals surface area contributed by atoms with Gasteiger partial charge in [0.2, 0.25) is 5.88 Å². The summed E-state index contributed by atoms with van der Waals surface area (Å²) in [6.45, 7) is 4.97. The van der Waals surface area contributed by atoms with Crippen molar-refractivity contribution in [3.05, 3.63) is 64.1 Å². The standard InChI is InChI=1S/C28H27F3N8OS/c1-16-17(2-3-24-22(16)9-20(12-32)39(24)14-19-8-25(40)37-36-19)13-38-6-4-18(5-7-38)35-26-23-10-21(11-28(29,30)31)41-27(23)34-15-33-26/h2-3,8-10,15,18H,4-7,11,13-14H2,1H3,(H,33,34,35)(H2,36,37,40). The molecule has 1 fully saturated rings. The molecule has 212 valence electrons. The van der Waals surface area contributed by atoms with E-state index in [0.29, 0.717) is 34.0 Å². The molecule has 5 aromatic rings. The molecule has 9 nitrogen and oxygen atoms in total. The molecule has 5 heterocycles. The van der Waals surface area contributed by atoms with E-state index in [0.717, 1.165) is 60.3 Å². The number of thiophene rings is 1. The molecule has 4 aromatic heterocycles. The van der Waals surface area contributed by atoms with E-state index in [1.165, 1.54) is 11.9 Å². The molecule has 0 radical (unpaired) electrons. The van der Waals surface area contributed by atoms with Gasteiger partial charge in [0.1, 0.15) is 28.7 Å². The summed E-state index contributed by atoms with van der Waals surface area (Å²) in [6.07, 6.45) is -2.08. The van der Waals surface area contributed by atoms with Crippen LogP contribution in [0.3, 0.4) is 0 Å². The number of fused-ring (bicyclic) bond motifs is 2. The van der Waals surface area contributed by atoms with Crippen LogP contribution in [0.1, 0.15) is 40.2 Å². The Morgan fingerprint density at radius 1 is 1.15 bits per heavy atom. The largest absolute Gasteiger partial charge is 0.492 e. The zero-order chi connectivity index (χ0) is 28.7. The number of anilines is 1. The fourth-order valence-electron chi connectivity index (χ4n) is 5.53. The lowest BCUT2D eigenvalue weighted by Gasteiger charge is -2.33. The lowest BCUT2D eigenvalue weighted by Crippen LogP contribution is -2.39. The third-order valence-electron chi connectivity index (χ3n) is 7.60. The Morgan fingerprint density at radius 3 is 2.66 bits per heavy atom. The second-order valence-electron chi connectivity index (χ2n) is 10.4. The van der Waals surface area contributed by atoms with Crippen LogP contribution in [0, 0.1) is 18.3 Å². The molecule has 1 aliphatic heterocycles. The van der Waals surface area contributed by atoms with Crippen LogP contribution < -0.4 is 5.32 Å². The second-order valence-corrected chi connectivity index (χ2v) is 11.5. The maximum atomic E-state index is 12.9. The summed E-state index contributed by atoms with van der Waals surface area (Å²) in [5.74, 6) is 0.502. The van der Waals surface area contributed by atoms with E-state index in [1.54, 1.807) is 12.1 Å². The van der Waals surface area contributed by atoms with Crippen molar-refractivity contribution in [1.82, 2.24) is 29.6 Å². The number of aromatic nitrogens is 5. The zero-order valence-corrected chi connectivity index (χ0v) is 23.0. The predicted octanol–water partition coefficient (Wildman–Crippen LogP) is 5.48. The monoisotopic (exact) mass is 580 g/mol. The highest BCUT2D eigenvalue weighted by Gasteiger charge is 2.29. The van der Waals surface area contributed by atoms with E-state index in [9.17, 15) is 23.5 Å². The van der Waals surface area contributed by atoms with Gasteiger partial charge in [0.05, 0.1) is 24.0 Å². The van der Waals surface area contributed by atoms with Gasteiger partial charge in [-0.05, 0) is 49.1 Å². The number of nitrogens with zero attached hydrogens (tertiary/aromatic N) is 6. The van der Waals surface area contributed by atoms with Crippen LogP contribution in [0.15, 0.2) is 36.7 Å². The summed E-state index contributed by atoms with van der Waals surface area (Å²) in [5.41, 5.74) is 4.51. The number of halogens is 3. The van der Waals surface area contributed by atoms with Gasteiger partial charge < -0.3 is 15.0 Å². The van der Waals surface area contributed by atoms with Gasteiger partial charge in [0, 0.05) is 47.5 Å². The van der Waals surface area contributed by atoms with Gasteiger partial charge in [0.25, 0.3) is 0 Å². The predicted molar refractivity (Wildman–Crippen MR) is 150 cm³/mol. The van der Waals surface area contributed by atoms with Crippen molar-refractivity contribution in [2.75, 3.05) is 18.4 Å². The van der Waals surface area contributed by atoms with Crippen LogP contribution >= 0.6 is 11.3 Å². The number of hydrogen-bond donors (Lipinski definition) is 3. The molecule has 0 amide bonds. The second kappa shape index (κ2) is 10.7. The summed E-state index contributed by atoms with van der Waals surface area (Å²) in [5, 5.41) is 31.0. The smallest absolute Gasteiger partial charge is 0.393 e. The van der Waals surface area contributed by atoms with Gasteiger partial charge in [-0.3, -0.25) is 10.00 Å². The number of benzene rings is 1. The summed E-state index contributed by atoms with van der Waals surface area (Å²) in [4.78, 5) is 11.7. The maximum absolute atomic E-state index is 12.9. The molecule has 1 aliphatic rings. The summed E-state index contributed by atoms with van der Waals surface area (Å²) < 4.78 is 40.6. The van der Waals surface area contributed by atoms with Gasteiger partial charge in [-0.2, -0.15) is 18.4 Å². The number of nitriles is 1. The van der Waals surface area contributed by atoms with Crippen LogP contribution in [-0.4, -0.2) is 60.0 Å². The van der Waals surface area contributed by atoms with Crippen LogP contribution in [0.25, 0.3) is 21.1 Å². The SMILES string of the molecule is Cc1c(CN2CCC(Nc3ncnc4sc(CC(F)(F)F)cc34)CC2)ccc2c1cc(C#N)n2Cc1cc(O)n[nH]1. The molecule has 41 heavy (non-hydrogen) atoms. The third-order valence-corrected chi connectivity index (χ3v) is 8.65. The van der Waals surface area contributed by atoms with Crippen molar-refractivity contribution in [2.45, 2.75) is 51.5 Å². The fraction of sp³-hybridized carbons (Fsp3) is 0.357. The topological polar surface area (TPSA) is 119 Å². The lowest BCUT2D eigenvalue weighted by atomic mass is 10.0. The van der Waals surface area contributed by atoms with E-state index in [-0.39, 0.29) is 16.8 Å². The van der Waals surface area contributed by atoms with Gasteiger partial charge in [-0.25, -0.2) is 9.97 Å². The van der Waals surface area contributed by atoms with Crippen molar-refractivity contribution >= 4 is 38.3 Å². The molecule has 6 rings (SSSR count). The Labute approximate surface area is 237 Å². The van der Waals surface area contributed by atoms with Gasteiger partial charge >= 0.3 is 6.18 Å². The highest BCUT2D eigenvalue weighted by molar-refractivity contribution is 7.18. The van der Waals surface area contributed by atoms with E-state index in [1.807, 2.05) is 16.7 Å². The summed E-state index contributed by atoms with van der Waals surface area (Å²) >= 11 is 1.06. The summed E-state index contributed by atoms with van der Waals surface area (Å²) in [7, 11) is 0. The van der Waals surface area contributed by atoms with Gasteiger partial charge in [0.15, 0.2) is 0 Å². The van der Waals surface area contributed by atoms with Crippen molar-refractivity contribution in [3.8, 4) is 11.9 Å². The molecular formula is C28H27F3N8OS. The van der Waals surface area contributed by atoms with E-state index < -0.39 is 12.6 Å². The van der Waals surface area contributed by atoms with Crippen LogP contribution in [0.4, 0.5) is 19.0 Å². The molecule has 0 bridgehead atoms. The number of aromatic hydroxyl groups is 1. The highest BCUT2D eigenvalue weighted by Crippen LogP contribution is 2.33. The van der Waals surface area contributed by atoms with Crippen molar-refractivity contribution in [2.24, 2.45) is 0 Å². The maximum Gasteiger partial charge on any atom is 0.393 e. The fourth-order valence-corrected chi connectivity index (χ4v) is 6.56. The Bertz CT molecular complexity index is 1760. The minimum Gasteiger partial charge on any atom is -0.492 e. The number of nitrogens with one attached hydrogen (secondary N) is 2. The Hall–Kier alpha value is -4.15. The molecule has 0 saturated carbocycles. The molecule has 0 spiro atoms. The third kappa shape index (κ3) is 5.71. The first-order valence-corrected chi connectivity index (χ1v) is 14.0. The summed E-state index contributed by atoms with van der Waals surface area (Å²) in [6, 6.07) is 11.6. The quantitative estimate of drug-likeness (QED) is 0.233. The molecule has 13 heteroatoms. The van der Waals surface area contributed by atoms with Crippen molar-refractivity contribution < 1.29 is 18.3 Å². The number of piperidine rings is 1. The Balaban J connectivity index is 1.12. The Morgan fingerprint density at radius 2 is 1.95 bits per heavy atom. The number of aromatic amines is 1. The molecule has 1 aromatic carbocycles. The average Bonchev–Trinajstić information content (AvgIpc) is 3.63. The minimum atomic E-state index is -4.26. The van der Waals surface area contributed by atoms with Crippen LogP contribution in [0.5, 0.6) is 5.88 Å². The minimum absolute atomic E-state index is 0.0840. The van der Waals surface area contributed by atoms with Gasteiger partial charge in [-0.1, -0.05) is 6.07 Å². The number of likely N-dealkylation sites (tertiary alicyclic amines) is 1. The highest BCUT2D eigenvalue weighted by atomic mass is 32.1. The van der Waals surface area contributed by atoms with E-state index in [2.05, 4.69) is 49.4 Å². The van der Waals surface area contributed by atoms with E-state index >= 15 is 0 Å². The molecule has 3 N–H and O–H groups in total. The molecule has 0 aliphatic carbocycles. The lowest BCUT2D eigenvalue weighted by molar-refractivity contribution is -0.126. The molecule has 0 atom stereocenters. The van der Waals surface area contributed by atoms with E-state index in [4.69, 9.17) is 0 Å². The first-order valence-electron chi connectivity index (χ1n) is 13.2. The number of aryl methyl sites for hydroxylation is 1. The van der Waals surface area contributed by atoms with Crippen LogP contribution in [0.2, 0.25) is 0 Å². The number of hydrogen-bond acceptors (Lipinski definition) is 8. The van der Waals surface area contributed by atoms with Gasteiger partial charge in [-0.15, -0.1) is 16.4 Å². The molecule has 0 unspecified atom stereocenters. The average molecular weight is 581 g/mol. The number of H-pyrrole nitrogens is 1. The van der Waals surface area contributed by atoms with Crippen LogP contribution in [-0.2, 0) is 19.5 Å². The first kappa shape index (κ1) is 27.0. The molecule has 1 saturated heterocycles. The number of rotatable bonds is 7. The molecular weight excluding hydrogens is 553 g/mol. The first-order chi connectivity index (χ1) is 19.7.